The second-order valence-electron chi connectivity index (χ2n) is 5.67. The second-order valence-corrected chi connectivity index (χ2v) is 8.28. The Labute approximate surface area is 165 Å². The van der Waals surface area contributed by atoms with Crippen LogP contribution in [0.25, 0.3) is 6.08 Å². The van der Waals surface area contributed by atoms with Gasteiger partial charge in [-0.2, -0.15) is 11.3 Å². The van der Waals surface area contributed by atoms with Crippen LogP contribution >= 0.6 is 34.4 Å². The average molecular weight is 402 g/mol. The van der Waals surface area contributed by atoms with E-state index in [1.165, 1.54) is 33.6 Å². The number of rotatable bonds is 7. The molecule has 3 nitrogen and oxygen atoms in total. The predicted octanol–water partition coefficient (Wildman–Crippen LogP) is 4.60. The molecule has 26 heavy (non-hydrogen) atoms. The molecule has 0 radical (unpaired) electrons. The van der Waals surface area contributed by atoms with E-state index in [1.54, 1.807) is 17.8 Å². The van der Waals surface area contributed by atoms with Crippen molar-refractivity contribution in [1.82, 2.24) is 5.32 Å². The number of benzene rings is 1. The predicted molar refractivity (Wildman–Crippen MR) is 112 cm³/mol. The lowest BCUT2D eigenvalue weighted by Gasteiger charge is -2.26. The van der Waals surface area contributed by atoms with Gasteiger partial charge in [0.25, 0.3) is 0 Å². The molecular weight excluding hydrogens is 382 g/mol. The van der Waals surface area contributed by atoms with E-state index in [1.807, 2.05) is 64.9 Å². The third-order valence-electron chi connectivity index (χ3n) is 3.99. The van der Waals surface area contributed by atoms with Crippen molar-refractivity contribution in [3.05, 3.63) is 80.7 Å². The van der Waals surface area contributed by atoms with Crippen LogP contribution in [0.15, 0.2) is 69.6 Å². The number of hydrogen-bond donors (Lipinski definition) is 2. The first kappa shape index (κ1) is 18.9. The van der Waals surface area contributed by atoms with Crippen LogP contribution in [-0.2, 0) is 10.4 Å². The van der Waals surface area contributed by atoms with Crippen molar-refractivity contribution in [1.29, 1.82) is 0 Å². The Morgan fingerprint density at radius 2 is 2.04 bits per heavy atom. The summed E-state index contributed by atoms with van der Waals surface area (Å²) in [6, 6.07) is 13.7. The molecule has 1 atom stereocenters. The number of thiophene rings is 2. The highest BCUT2D eigenvalue weighted by Gasteiger charge is 2.33. The maximum absolute atomic E-state index is 12.2. The molecule has 2 heterocycles. The zero-order valence-corrected chi connectivity index (χ0v) is 16.7. The Morgan fingerprint density at radius 1 is 1.23 bits per heavy atom. The second kappa shape index (κ2) is 8.68. The summed E-state index contributed by atoms with van der Waals surface area (Å²) in [5, 5.41) is 19.8. The van der Waals surface area contributed by atoms with Crippen LogP contribution in [0.5, 0.6) is 0 Å². The smallest absolute Gasteiger partial charge is 0.244 e. The van der Waals surface area contributed by atoms with Gasteiger partial charge in [0.05, 0.1) is 6.54 Å². The van der Waals surface area contributed by atoms with Crippen molar-refractivity contribution < 1.29 is 9.90 Å². The largest absolute Gasteiger partial charge is 0.378 e. The van der Waals surface area contributed by atoms with Gasteiger partial charge < -0.3 is 10.4 Å². The number of carbonyl (C=O) groups excluding carboxylic acids is 1. The van der Waals surface area contributed by atoms with Crippen molar-refractivity contribution in [2.75, 3.05) is 12.8 Å². The number of aliphatic hydroxyl groups is 1. The lowest BCUT2D eigenvalue weighted by atomic mass is 9.94. The molecule has 0 aliphatic carbocycles. The summed E-state index contributed by atoms with van der Waals surface area (Å²) in [7, 11) is 0. The van der Waals surface area contributed by atoms with Crippen molar-refractivity contribution in [2.45, 2.75) is 10.5 Å². The Bertz CT molecular complexity index is 819. The maximum atomic E-state index is 12.2. The third kappa shape index (κ3) is 4.45. The number of carbonyl (C=O) groups is 1. The minimum atomic E-state index is -1.21. The van der Waals surface area contributed by atoms with Crippen LogP contribution < -0.4 is 5.32 Å². The molecule has 0 saturated carbocycles. The highest BCUT2D eigenvalue weighted by molar-refractivity contribution is 7.98. The molecule has 2 N–H and O–H groups in total. The van der Waals surface area contributed by atoms with E-state index in [9.17, 15) is 9.90 Å². The standard InChI is InChI=1S/C20H19NO2S3/c1-24-17-7-4-15(5-8-17)6-9-19(22)21-14-20(23,16-10-12-25-13-16)18-3-2-11-26-18/h2-13,23H,14H2,1H3,(H,21,22)/b9-6+. The quantitative estimate of drug-likeness (QED) is 0.449. The minimum Gasteiger partial charge on any atom is -0.378 e. The molecule has 1 amide bonds. The molecule has 0 aliphatic heterocycles. The fourth-order valence-corrected chi connectivity index (χ4v) is 4.48. The van der Waals surface area contributed by atoms with Gasteiger partial charge in [-0.1, -0.05) is 18.2 Å². The Hall–Kier alpha value is -1.86. The summed E-state index contributed by atoms with van der Waals surface area (Å²) in [6.07, 6.45) is 5.30. The van der Waals surface area contributed by atoms with Gasteiger partial charge in [-0.15, -0.1) is 23.1 Å². The summed E-state index contributed by atoms with van der Waals surface area (Å²) in [5.74, 6) is -0.232. The molecule has 0 spiro atoms. The summed E-state index contributed by atoms with van der Waals surface area (Å²) in [6.45, 7) is 0.124. The van der Waals surface area contributed by atoms with E-state index in [2.05, 4.69) is 5.32 Å². The van der Waals surface area contributed by atoms with Crippen LogP contribution in [0.1, 0.15) is 16.0 Å². The van der Waals surface area contributed by atoms with Crippen molar-refractivity contribution in [3.63, 3.8) is 0 Å². The molecule has 2 aromatic heterocycles. The van der Waals surface area contributed by atoms with E-state index >= 15 is 0 Å². The third-order valence-corrected chi connectivity index (χ3v) is 6.44. The van der Waals surface area contributed by atoms with Crippen LogP contribution in [0, 0.1) is 0 Å². The van der Waals surface area contributed by atoms with Gasteiger partial charge in [0, 0.05) is 21.4 Å². The first-order valence-electron chi connectivity index (χ1n) is 8.01. The molecule has 1 aromatic carbocycles. The lowest BCUT2D eigenvalue weighted by molar-refractivity contribution is -0.117. The average Bonchev–Trinajstić information content (AvgIpc) is 3.39. The van der Waals surface area contributed by atoms with Gasteiger partial charge in [0.15, 0.2) is 0 Å². The molecule has 0 bridgehead atoms. The van der Waals surface area contributed by atoms with Crippen molar-refractivity contribution in [2.24, 2.45) is 0 Å². The molecule has 1 unspecified atom stereocenters. The number of thioether (sulfide) groups is 1. The molecule has 3 aromatic rings. The fourth-order valence-electron chi connectivity index (χ4n) is 2.51. The minimum absolute atomic E-state index is 0.124. The molecule has 134 valence electrons. The van der Waals surface area contributed by atoms with E-state index in [0.717, 1.165) is 16.0 Å². The van der Waals surface area contributed by atoms with Crippen molar-refractivity contribution in [3.8, 4) is 0 Å². The Balaban J connectivity index is 1.67. The highest BCUT2D eigenvalue weighted by atomic mass is 32.2. The zero-order chi connectivity index (χ0) is 18.4. The van der Waals surface area contributed by atoms with E-state index in [-0.39, 0.29) is 12.5 Å². The monoisotopic (exact) mass is 401 g/mol. The van der Waals surface area contributed by atoms with Gasteiger partial charge in [0.2, 0.25) is 5.91 Å². The van der Waals surface area contributed by atoms with E-state index in [0.29, 0.717) is 0 Å². The van der Waals surface area contributed by atoms with E-state index < -0.39 is 5.60 Å². The SMILES string of the molecule is CSc1ccc(/C=C/C(=O)NCC(O)(c2ccsc2)c2cccs2)cc1. The topological polar surface area (TPSA) is 49.3 Å². The van der Waals surface area contributed by atoms with Crippen LogP contribution in [0.4, 0.5) is 0 Å². The van der Waals surface area contributed by atoms with Gasteiger partial charge in [-0.3, -0.25) is 4.79 Å². The summed E-state index contributed by atoms with van der Waals surface area (Å²) >= 11 is 4.68. The fraction of sp³-hybridized carbons (Fsp3) is 0.150. The summed E-state index contributed by atoms with van der Waals surface area (Å²) in [5.41, 5.74) is 0.545. The van der Waals surface area contributed by atoms with Crippen LogP contribution in [0.2, 0.25) is 0 Å². The van der Waals surface area contributed by atoms with Gasteiger partial charge >= 0.3 is 0 Å². The van der Waals surface area contributed by atoms with E-state index in [4.69, 9.17) is 0 Å². The number of amides is 1. The first-order valence-corrected chi connectivity index (χ1v) is 11.1. The normalized spacial score (nSPS) is 13.6. The summed E-state index contributed by atoms with van der Waals surface area (Å²) < 4.78 is 0. The molecule has 0 aliphatic rings. The van der Waals surface area contributed by atoms with Crippen LogP contribution in [0.3, 0.4) is 0 Å². The van der Waals surface area contributed by atoms with Crippen LogP contribution in [-0.4, -0.2) is 23.8 Å². The number of nitrogens with one attached hydrogen (secondary N) is 1. The first-order chi connectivity index (χ1) is 12.6. The molecule has 3 rings (SSSR count). The maximum Gasteiger partial charge on any atom is 0.244 e. The molecule has 6 heteroatoms. The molecule has 0 fully saturated rings. The van der Waals surface area contributed by atoms with Gasteiger partial charge in [0.1, 0.15) is 5.60 Å². The molecule has 0 saturated heterocycles. The zero-order valence-electron chi connectivity index (χ0n) is 14.2. The van der Waals surface area contributed by atoms with Gasteiger partial charge in [-0.25, -0.2) is 0 Å². The summed E-state index contributed by atoms with van der Waals surface area (Å²) in [4.78, 5) is 14.2. The lowest BCUT2D eigenvalue weighted by Crippen LogP contribution is -2.40. The molecular formula is C20H19NO2S3. The Morgan fingerprint density at radius 3 is 2.65 bits per heavy atom. The van der Waals surface area contributed by atoms with Crippen molar-refractivity contribution >= 4 is 46.4 Å². The Kier molecular flexibility index (Phi) is 6.32. The number of hydrogen-bond acceptors (Lipinski definition) is 5. The highest BCUT2D eigenvalue weighted by Crippen LogP contribution is 2.33. The van der Waals surface area contributed by atoms with Gasteiger partial charge in [-0.05, 0) is 58.3 Å².